The molecule has 9 heteroatoms. The molecule has 178 valence electrons. The Morgan fingerprint density at radius 1 is 1.18 bits per heavy atom. The fraction of sp³-hybridized carbons (Fsp3) is 0.360. The molecule has 1 saturated heterocycles. The second-order valence-electron chi connectivity index (χ2n) is 8.25. The number of nitro groups is 1. The van der Waals surface area contributed by atoms with Crippen molar-refractivity contribution >= 4 is 40.2 Å². The van der Waals surface area contributed by atoms with Gasteiger partial charge in [-0.2, -0.15) is 0 Å². The van der Waals surface area contributed by atoms with Crippen LogP contribution >= 0.6 is 22.9 Å². The van der Waals surface area contributed by atoms with Crippen molar-refractivity contribution in [3.8, 4) is 11.3 Å². The zero-order valence-electron chi connectivity index (χ0n) is 19.2. The second kappa shape index (κ2) is 10.5. The summed E-state index contributed by atoms with van der Waals surface area (Å²) >= 11 is 7.81. The van der Waals surface area contributed by atoms with Crippen molar-refractivity contribution in [1.82, 2.24) is 9.88 Å². The van der Waals surface area contributed by atoms with Gasteiger partial charge in [0, 0.05) is 54.8 Å². The Kier molecular flexibility index (Phi) is 7.48. The molecule has 7 nitrogen and oxygen atoms in total. The van der Waals surface area contributed by atoms with Crippen LogP contribution in [0, 0.1) is 10.1 Å². The molecule has 0 N–H and O–H groups in total. The lowest BCUT2D eigenvalue weighted by Gasteiger charge is -2.31. The van der Waals surface area contributed by atoms with Crippen LogP contribution in [0.4, 0.5) is 11.4 Å². The number of anilines is 1. The Bertz CT molecular complexity index is 1170. The maximum absolute atomic E-state index is 12.9. The van der Waals surface area contributed by atoms with Crippen molar-refractivity contribution in [3.63, 3.8) is 0 Å². The highest BCUT2D eigenvalue weighted by Gasteiger charge is 2.29. The van der Waals surface area contributed by atoms with Crippen LogP contribution in [0.25, 0.3) is 11.3 Å². The lowest BCUT2D eigenvalue weighted by Crippen LogP contribution is -2.38. The zero-order valence-corrected chi connectivity index (χ0v) is 20.8. The number of likely N-dealkylation sites (tertiary alicyclic amines) is 1. The molecule has 1 aromatic heterocycles. The number of aromatic nitrogens is 1. The molecule has 0 bridgehead atoms. The molecule has 1 aliphatic rings. The summed E-state index contributed by atoms with van der Waals surface area (Å²) < 4.78 is 0. The monoisotopic (exact) mass is 498 g/mol. The average molecular weight is 499 g/mol. The van der Waals surface area contributed by atoms with Crippen molar-refractivity contribution in [3.05, 3.63) is 73.6 Å². The molecule has 0 spiro atoms. The number of amides is 1. The predicted octanol–water partition coefficient (Wildman–Crippen LogP) is 6.24. The fourth-order valence-corrected chi connectivity index (χ4v) is 5.64. The number of rotatable bonds is 7. The van der Waals surface area contributed by atoms with E-state index < -0.39 is 4.92 Å². The average Bonchev–Trinajstić information content (AvgIpc) is 3.35. The Morgan fingerprint density at radius 2 is 1.85 bits per heavy atom. The Morgan fingerprint density at radius 3 is 2.47 bits per heavy atom. The molecule has 0 atom stereocenters. The van der Waals surface area contributed by atoms with Gasteiger partial charge in [0.2, 0.25) is 0 Å². The number of carbonyl (C=O) groups excluding carboxylic acids is 1. The minimum atomic E-state index is -0.567. The fourth-order valence-electron chi connectivity index (χ4n) is 4.37. The van der Waals surface area contributed by atoms with Crippen molar-refractivity contribution in [2.24, 2.45) is 0 Å². The van der Waals surface area contributed by atoms with Crippen LogP contribution in [0.1, 0.15) is 48.0 Å². The highest BCUT2D eigenvalue weighted by Crippen LogP contribution is 2.35. The SMILES string of the molecule is CCN(CC)c1ccc(-c2csc(C3CCN(C(=O)c4cccc([N+](=O)[O-])c4Cl)CC3)n2)cc1. The van der Waals surface area contributed by atoms with E-state index in [0.29, 0.717) is 19.0 Å². The minimum absolute atomic E-state index is 0.101. The highest BCUT2D eigenvalue weighted by atomic mass is 35.5. The van der Waals surface area contributed by atoms with Crippen LogP contribution in [0.2, 0.25) is 5.02 Å². The van der Waals surface area contributed by atoms with Crippen molar-refractivity contribution < 1.29 is 9.72 Å². The topological polar surface area (TPSA) is 79.6 Å². The van der Waals surface area contributed by atoms with Gasteiger partial charge < -0.3 is 9.80 Å². The normalized spacial score (nSPS) is 14.3. The molecule has 0 aliphatic carbocycles. The first kappa shape index (κ1) is 24.2. The highest BCUT2D eigenvalue weighted by molar-refractivity contribution is 7.10. The molecule has 0 unspecified atom stereocenters. The van der Waals surface area contributed by atoms with Gasteiger partial charge in [-0.25, -0.2) is 4.98 Å². The van der Waals surface area contributed by atoms with Gasteiger partial charge in [-0.15, -0.1) is 11.3 Å². The summed E-state index contributed by atoms with van der Waals surface area (Å²) in [4.78, 5) is 32.5. The number of nitro benzene ring substituents is 1. The van der Waals surface area contributed by atoms with Crippen LogP contribution in [-0.2, 0) is 0 Å². The maximum atomic E-state index is 12.9. The van der Waals surface area contributed by atoms with Gasteiger partial charge in [0.1, 0.15) is 5.02 Å². The van der Waals surface area contributed by atoms with Gasteiger partial charge in [0.25, 0.3) is 11.6 Å². The summed E-state index contributed by atoms with van der Waals surface area (Å²) in [7, 11) is 0. The van der Waals surface area contributed by atoms with E-state index in [0.717, 1.165) is 42.2 Å². The lowest BCUT2D eigenvalue weighted by atomic mass is 9.97. The molecule has 2 heterocycles. The summed E-state index contributed by atoms with van der Waals surface area (Å²) in [5.41, 5.74) is 3.23. The molecule has 0 saturated carbocycles. The van der Waals surface area contributed by atoms with E-state index in [4.69, 9.17) is 16.6 Å². The molecule has 1 aliphatic heterocycles. The molecule has 34 heavy (non-hydrogen) atoms. The standard InChI is InChI=1S/C25H27ClN4O3S/c1-3-28(4-2)19-10-8-17(9-11-19)21-16-34-24(27-21)18-12-14-29(15-13-18)25(31)20-6-5-7-22(23(20)26)30(32)33/h5-11,16,18H,3-4,12-15H2,1-2H3. The number of carbonyl (C=O) groups is 1. The molecular formula is C25H27ClN4O3S. The lowest BCUT2D eigenvalue weighted by molar-refractivity contribution is -0.384. The number of halogens is 1. The van der Waals surface area contributed by atoms with Crippen molar-refractivity contribution in [2.45, 2.75) is 32.6 Å². The van der Waals surface area contributed by atoms with Gasteiger partial charge in [0.05, 0.1) is 21.2 Å². The van der Waals surface area contributed by atoms with E-state index in [9.17, 15) is 14.9 Å². The summed E-state index contributed by atoms with van der Waals surface area (Å²) in [6.07, 6.45) is 1.60. The summed E-state index contributed by atoms with van der Waals surface area (Å²) in [6, 6.07) is 12.9. The zero-order chi connectivity index (χ0) is 24.2. The quantitative estimate of drug-likeness (QED) is 0.284. The molecule has 4 rings (SSSR count). The first-order chi connectivity index (χ1) is 16.4. The van der Waals surface area contributed by atoms with E-state index in [1.807, 2.05) is 0 Å². The molecule has 0 radical (unpaired) electrons. The van der Waals surface area contributed by atoms with Gasteiger partial charge in [-0.05, 0) is 44.9 Å². The van der Waals surface area contributed by atoms with Crippen LogP contribution in [0.15, 0.2) is 47.8 Å². The first-order valence-corrected chi connectivity index (χ1v) is 12.7. The van der Waals surface area contributed by atoms with Crippen molar-refractivity contribution in [1.29, 1.82) is 0 Å². The third-order valence-corrected chi connectivity index (χ3v) is 7.75. The predicted molar refractivity (Wildman–Crippen MR) is 137 cm³/mol. The largest absolute Gasteiger partial charge is 0.372 e. The number of hydrogen-bond acceptors (Lipinski definition) is 6. The van der Waals surface area contributed by atoms with E-state index >= 15 is 0 Å². The van der Waals surface area contributed by atoms with Gasteiger partial charge in [0.15, 0.2) is 0 Å². The summed E-state index contributed by atoms with van der Waals surface area (Å²) in [6.45, 7) is 7.39. The molecule has 3 aromatic rings. The van der Waals surface area contributed by atoms with Crippen LogP contribution in [-0.4, -0.2) is 46.9 Å². The van der Waals surface area contributed by atoms with Crippen LogP contribution in [0.3, 0.4) is 0 Å². The third-order valence-electron chi connectivity index (χ3n) is 6.35. The molecule has 2 aromatic carbocycles. The van der Waals surface area contributed by atoms with E-state index in [2.05, 4.69) is 48.4 Å². The third kappa shape index (κ3) is 4.93. The number of benzene rings is 2. The minimum Gasteiger partial charge on any atom is -0.372 e. The molecule has 1 amide bonds. The smallest absolute Gasteiger partial charge is 0.288 e. The Hall–Kier alpha value is -2.97. The molecule has 1 fully saturated rings. The van der Waals surface area contributed by atoms with E-state index in [-0.39, 0.29) is 22.2 Å². The van der Waals surface area contributed by atoms with Crippen LogP contribution < -0.4 is 4.90 Å². The molecular weight excluding hydrogens is 472 g/mol. The number of thiazole rings is 1. The number of piperidine rings is 1. The number of hydrogen-bond donors (Lipinski definition) is 0. The summed E-state index contributed by atoms with van der Waals surface area (Å²) in [5.74, 6) is 0.0265. The summed E-state index contributed by atoms with van der Waals surface area (Å²) in [5, 5.41) is 14.2. The maximum Gasteiger partial charge on any atom is 0.288 e. The van der Waals surface area contributed by atoms with Crippen molar-refractivity contribution in [2.75, 3.05) is 31.1 Å². The van der Waals surface area contributed by atoms with E-state index in [1.54, 1.807) is 22.3 Å². The second-order valence-corrected chi connectivity index (χ2v) is 9.52. The Balaban J connectivity index is 1.40. The van der Waals surface area contributed by atoms with Gasteiger partial charge in [-0.1, -0.05) is 29.8 Å². The Labute approximate surface area is 208 Å². The van der Waals surface area contributed by atoms with E-state index in [1.165, 1.54) is 17.8 Å². The van der Waals surface area contributed by atoms with Gasteiger partial charge in [-0.3, -0.25) is 14.9 Å². The number of nitrogens with zero attached hydrogens (tertiary/aromatic N) is 4. The first-order valence-electron chi connectivity index (χ1n) is 11.5. The van der Waals surface area contributed by atoms with Gasteiger partial charge >= 0.3 is 0 Å². The van der Waals surface area contributed by atoms with Crippen LogP contribution in [0.5, 0.6) is 0 Å².